The van der Waals surface area contributed by atoms with Gasteiger partial charge in [-0.1, -0.05) is 0 Å². The van der Waals surface area contributed by atoms with Crippen molar-refractivity contribution in [2.75, 3.05) is 18.0 Å². The second-order valence-corrected chi connectivity index (χ2v) is 5.45. The van der Waals surface area contributed by atoms with E-state index in [1.165, 1.54) is 12.1 Å². The zero-order valence-electron chi connectivity index (χ0n) is 12.0. The molecule has 4 nitrogen and oxygen atoms in total. The maximum atomic E-state index is 13.4. The first kappa shape index (κ1) is 14.8. The summed E-state index contributed by atoms with van der Waals surface area (Å²) in [6, 6.07) is 4.82. The summed E-state index contributed by atoms with van der Waals surface area (Å²) in [4.78, 5) is 13.3. The predicted octanol–water partition coefficient (Wildman–Crippen LogP) is 1.95. The molecule has 0 radical (unpaired) electrons. The van der Waals surface area contributed by atoms with Crippen LogP contribution in [0.1, 0.15) is 38.3 Å². The number of carbonyl (C=O) groups excluding carboxylic acids is 1. The van der Waals surface area contributed by atoms with Crippen LogP contribution in [0.4, 0.5) is 10.1 Å². The van der Waals surface area contributed by atoms with Gasteiger partial charge in [0.1, 0.15) is 5.82 Å². The smallest absolute Gasteiger partial charge is 0.217 e. The molecule has 1 aliphatic heterocycles. The standard InChI is InChI=1S/C15H22FN3O/c1-10(17)14-9-12(16)3-4-15(14)19-7-5-13(6-8-19)18-11(2)20/h3-4,9-10,13H,5-8,17H2,1-2H3,(H,18,20). The lowest BCUT2D eigenvalue weighted by molar-refractivity contribution is -0.119. The minimum Gasteiger partial charge on any atom is -0.371 e. The molecule has 1 fully saturated rings. The molecule has 0 spiro atoms. The largest absolute Gasteiger partial charge is 0.371 e. The van der Waals surface area contributed by atoms with Gasteiger partial charge in [0.05, 0.1) is 0 Å². The summed E-state index contributed by atoms with van der Waals surface area (Å²) in [5.41, 5.74) is 7.77. The highest BCUT2D eigenvalue weighted by Crippen LogP contribution is 2.28. The third kappa shape index (κ3) is 3.48. The highest BCUT2D eigenvalue weighted by Gasteiger charge is 2.22. The van der Waals surface area contributed by atoms with Crippen LogP contribution in [-0.4, -0.2) is 25.0 Å². The maximum absolute atomic E-state index is 13.4. The van der Waals surface area contributed by atoms with Crippen molar-refractivity contribution in [1.29, 1.82) is 0 Å². The first-order valence-electron chi connectivity index (χ1n) is 7.04. The van der Waals surface area contributed by atoms with Crippen molar-refractivity contribution in [3.05, 3.63) is 29.6 Å². The number of carbonyl (C=O) groups is 1. The van der Waals surface area contributed by atoms with Gasteiger partial charge in [-0.05, 0) is 43.5 Å². The number of nitrogens with two attached hydrogens (primary N) is 1. The van der Waals surface area contributed by atoms with Crippen LogP contribution in [0.25, 0.3) is 0 Å². The number of piperidine rings is 1. The molecule has 0 saturated carbocycles. The van der Waals surface area contributed by atoms with Crippen LogP contribution in [0.2, 0.25) is 0 Å². The molecule has 1 aromatic carbocycles. The van der Waals surface area contributed by atoms with Crippen LogP contribution in [-0.2, 0) is 4.79 Å². The Bertz CT molecular complexity index is 482. The van der Waals surface area contributed by atoms with E-state index in [1.807, 2.05) is 6.92 Å². The van der Waals surface area contributed by atoms with Crippen LogP contribution in [0.15, 0.2) is 18.2 Å². The average Bonchev–Trinajstić information content (AvgIpc) is 2.39. The molecule has 1 unspecified atom stereocenters. The Morgan fingerprint density at radius 3 is 2.65 bits per heavy atom. The lowest BCUT2D eigenvalue weighted by atomic mass is 10.0. The number of nitrogens with zero attached hydrogens (tertiary/aromatic N) is 1. The van der Waals surface area contributed by atoms with E-state index < -0.39 is 0 Å². The molecule has 2 rings (SSSR count). The number of rotatable bonds is 3. The van der Waals surface area contributed by atoms with Gasteiger partial charge in [-0.2, -0.15) is 0 Å². The van der Waals surface area contributed by atoms with Crippen LogP contribution < -0.4 is 16.0 Å². The fourth-order valence-electron chi connectivity index (χ4n) is 2.73. The first-order chi connectivity index (χ1) is 9.47. The van der Waals surface area contributed by atoms with Crippen LogP contribution in [0.5, 0.6) is 0 Å². The van der Waals surface area contributed by atoms with Crippen molar-refractivity contribution in [3.8, 4) is 0 Å². The normalized spacial score (nSPS) is 17.9. The van der Waals surface area contributed by atoms with Gasteiger partial charge in [0.15, 0.2) is 0 Å². The van der Waals surface area contributed by atoms with Gasteiger partial charge in [0.2, 0.25) is 5.91 Å². The summed E-state index contributed by atoms with van der Waals surface area (Å²) < 4.78 is 13.4. The van der Waals surface area contributed by atoms with Crippen molar-refractivity contribution in [2.24, 2.45) is 5.73 Å². The number of benzene rings is 1. The van der Waals surface area contributed by atoms with E-state index in [4.69, 9.17) is 5.73 Å². The van der Waals surface area contributed by atoms with Gasteiger partial charge >= 0.3 is 0 Å². The van der Waals surface area contributed by atoms with Gasteiger partial charge < -0.3 is 16.0 Å². The zero-order valence-corrected chi connectivity index (χ0v) is 12.0. The lowest BCUT2D eigenvalue weighted by Gasteiger charge is -2.35. The monoisotopic (exact) mass is 279 g/mol. The Kier molecular flexibility index (Phi) is 4.60. The van der Waals surface area contributed by atoms with Crippen LogP contribution >= 0.6 is 0 Å². The fraction of sp³-hybridized carbons (Fsp3) is 0.533. The molecule has 3 N–H and O–H groups in total. The Morgan fingerprint density at radius 2 is 2.10 bits per heavy atom. The van der Waals surface area contributed by atoms with Gasteiger partial charge in [0.25, 0.3) is 0 Å². The molecule has 5 heteroatoms. The first-order valence-corrected chi connectivity index (χ1v) is 7.04. The number of hydrogen-bond acceptors (Lipinski definition) is 3. The van der Waals surface area contributed by atoms with E-state index in [1.54, 1.807) is 13.0 Å². The molecule has 0 aliphatic carbocycles. The maximum Gasteiger partial charge on any atom is 0.217 e. The molecule has 1 aromatic rings. The van der Waals surface area contributed by atoms with E-state index in [2.05, 4.69) is 10.2 Å². The highest BCUT2D eigenvalue weighted by molar-refractivity contribution is 5.73. The minimum atomic E-state index is -0.255. The van der Waals surface area contributed by atoms with Crippen LogP contribution in [0.3, 0.4) is 0 Å². The Hall–Kier alpha value is -1.62. The Labute approximate surface area is 119 Å². The zero-order chi connectivity index (χ0) is 14.7. The molecule has 0 bridgehead atoms. The molecular formula is C15H22FN3O. The number of halogens is 1. The second-order valence-electron chi connectivity index (χ2n) is 5.45. The number of hydrogen-bond donors (Lipinski definition) is 2. The molecule has 0 aromatic heterocycles. The summed E-state index contributed by atoms with van der Waals surface area (Å²) in [6.07, 6.45) is 1.80. The molecular weight excluding hydrogens is 257 g/mol. The lowest BCUT2D eigenvalue weighted by Crippen LogP contribution is -2.44. The third-order valence-corrected chi connectivity index (χ3v) is 3.72. The highest BCUT2D eigenvalue weighted by atomic mass is 19.1. The average molecular weight is 279 g/mol. The molecule has 1 heterocycles. The van der Waals surface area contributed by atoms with E-state index in [0.29, 0.717) is 0 Å². The van der Waals surface area contributed by atoms with E-state index >= 15 is 0 Å². The summed E-state index contributed by atoms with van der Waals surface area (Å²) >= 11 is 0. The van der Waals surface area contributed by atoms with E-state index in [-0.39, 0.29) is 23.8 Å². The second kappa shape index (κ2) is 6.22. The van der Waals surface area contributed by atoms with Crippen molar-refractivity contribution < 1.29 is 9.18 Å². The summed E-state index contributed by atoms with van der Waals surface area (Å²) in [5.74, 6) is -0.240. The minimum absolute atomic E-state index is 0.0153. The Balaban J connectivity index is 2.09. The molecule has 110 valence electrons. The third-order valence-electron chi connectivity index (χ3n) is 3.72. The van der Waals surface area contributed by atoms with E-state index in [9.17, 15) is 9.18 Å². The Morgan fingerprint density at radius 1 is 1.45 bits per heavy atom. The van der Waals surface area contributed by atoms with Crippen molar-refractivity contribution in [3.63, 3.8) is 0 Å². The van der Waals surface area contributed by atoms with Gasteiger partial charge in [-0.25, -0.2) is 4.39 Å². The molecule has 20 heavy (non-hydrogen) atoms. The number of amides is 1. The predicted molar refractivity (Wildman–Crippen MR) is 78.1 cm³/mol. The van der Waals surface area contributed by atoms with Gasteiger partial charge in [-0.15, -0.1) is 0 Å². The fourth-order valence-corrected chi connectivity index (χ4v) is 2.73. The molecule has 1 saturated heterocycles. The quantitative estimate of drug-likeness (QED) is 0.889. The molecule has 1 amide bonds. The summed E-state index contributed by atoms with van der Waals surface area (Å²) in [5, 5.41) is 2.95. The van der Waals surface area contributed by atoms with Crippen LogP contribution in [0, 0.1) is 5.82 Å². The molecule has 1 aliphatic rings. The van der Waals surface area contributed by atoms with Gasteiger partial charge in [-0.3, -0.25) is 4.79 Å². The number of anilines is 1. The molecule has 1 atom stereocenters. The van der Waals surface area contributed by atoms with E-state index in [0.717, 1.165) is 37.2 Å². The SMILES string of the molecule is CC(=O)NC1CCN(c2ccc(F)cc2C(C)N)CC1. The topological polar surface area (TPSA) is 58.4 Å². The van der Waals surface area contributed by atoms with Gasteiger partial charge in [0, 0.05) is 37.8 Å². The summed E-state index contributed by atoms with van der Waals surface area (Å²) in [6.45, 7) is 5.09. The number of nitrogens with one attached hydrogen (secondary N) is 1. The summed E-state index contributed by atoms with van der Waals surface area (Å²) in [7, 11) is 0. The van der Waals surface area contributed by atoms with Crippen molar-refractivity contribution in [1.82, 2.24) is 5.32 Å². The van der Waals surface area contributed by atoms with Crippen molar-refractivity contribution >= 4 is 11.6 Å². The van der Waals surface area contributed by atoms with Crippen molar-refractivity contribution in [2.45, 2.75) is 38.8 Å².